The van der Waals surface area contributed by atoms with Crippen LogP contribution in [0.3, 0.4) is 0 Å². The van der Waals surface area contributed by atoms with E-state index in [1.165, 1.54) is 353 Å². The van der Waals surface area contributed by atoms with Crippen LogP contribution in [-0.2, 0) is 30.1 Å². The van der Waals surface area contributed by atoms with Gasteiger partial charge in [0.1, 0.15) is 0 Å². The van der Waals surface area contributed by atoms with Crippen molar-refractivity contribution in [2.75, 3.05) is 0 Å². The predicted molar refractivity (Wildman–Crippen MR) is 672 cm³/mol. The van der Waals surface area contributed by atoms with Crippen LogP contribution in [0.25, 0.3) is 22.3 Å². The second-order valence-electron chi connectivity index (χ2n) is 46.2. The van der Waals surface area contributed by atoms with Gasteiger partial charge in [0, 0.05) is 0 Å². The Labute approximate surface area is 908 Å². The zero-order valence-electron chi connectivity index (χ0n) is 105. The van der Waals surface area contributed by atoms with Crippen LogP contribution >= 0.6 is 0 Å². The van der Waals surface area contributed by atoms with Gasteiger partial charge in [0.2, 0.25) is 0 Å². The van der Waals surface area contributed by atoms with Crippen molar-refractivity contribution >= 4 is 0 Å². The van der Waals surface area contributed by atoms with Gasteiger partial charge in [0.25, 0.3) is 0 Å². The summed E-state index contributed by atoms with van der Waals surface area (Å²) in [6, 6.07) is 76.2. The zero-order valence-corrected chi connectivity index (χ0v) is 105. The van der Waals surface area contributed by atoms with Crippen LogP contribution in [0.2, 0.25) is 0 Å². The summed E-state index contributed by atoms with van der Waals surface area (Å²) in [6.45, 7) is 96.5. The summed E-state index contributed by atoms with van der Waals surface area (Å²) in [6.07, 6.45) is 48.5. The predicted octanol–water partition coefficient (Wildman–Crippen LogP) is 48.6. The Kier molecular flexibility index (Phi) is 92.7. The Balaban J connectivity index is -0.000000494. The maximum absolute atomic E-state index is 2.45. The largest absolute Gasteiger partial charge is 0.0683 e. The monoisotopic (exact) mass is 1980 g/mol. The molecule has 0 nitrogen and oxygen atoms in total. The van der Waals surface area contributed by atoms with Crippen molar-refractivity contribution in [2.45, 2.75) is 540 Å². The first-order valence-corrected chi connectivity index (χ1v) is 59.2. The van der Waals surface area contributed by atoms with Gasteiger partial charge in [0.05, 0.1) is 0 Å². The standard InChI is InChI=1S/C22H22.C19H32.2C13H20.C11H16.C9H12.C8H10.C7H14.C7H8.C7H16.C6H12.2C5H12.2C4H10.C3H8.C2H6/c1-15-16(2)21(19-11-7-5-8-12-19)18(4)22(17(15)3)20-13-9-6-10-14-20;1-4-6-8-10-12-18-14-17(3)15-19(16-18)13-11-9-7-5-2;1-9-7-12(13(4,5)6)8-10(2)11(9)3;1-3-4-5-6-7-13-10-8-12(2)9-11-13;1-9-5-7-10(8-6-9)11(2,3)4;1-7-4-5-8(2)9(3)6-7;1-7-3-5-8(2)6-4-7;2*1-7-5-3-2-4-6-7;1-3-5-7-6-4-2;1-6-4-2-3-5-6;1-5(2,3)4;1-3-5-4-2;1-4(2)3;1-3-4-2;1-3-2;1-2/h5-14H,1-4H3;14-16H,4-13H2,1-3H3;7-8H,1-6H3;8-11H,3-7H2,1-2H3;5-8H,1-4H3;4-6H,1-3H3;3-6H,1-2H3;7H,2-6H2,1H3;2-6H,1H3;3-7H2,1-2H3;6H,2-5H2,1H3;1-4H3;3-5H2,1-2H3;4H,1-3H3;3-4H2,1-2H3;3H2,1-2H3;1-2H3. The zero-order chi connectivity index (χ0) is 111. The van der Waals surface area contributed by atoms with Crippen molar-refractivity contribution < 1.29 is 0 Å². The maximum atomic E-state index is 2.45. The van der Waals surface area contributed by atoms with Crippen molar-refractivity contribution in [3.05, 3.63) is 329 Å². The van der Waals surface area contributed by atoms with Gasteiger partial charge in [-0.25, -0.2) is 0 Å². The molecule has 0 heterocycles. The highest BCUT2D eigenvalue weighted by Crippen LogP contribution is 2.40. The van der Waals surface area contributed by atoms with E-state index in [1.807, 2.05) is 32.0 Å². The molecule has 0 aliphatic heterocycles. The molecule has 2 aliphatic carbocycles. The first-order valence-electron chi connectivity index (χ1n) is 59.2. The Bertz CT molecular complexity index is 4370. The second-order valence-corrected chi connectivity index (χ2v) is 46.2. The first-order chi connectivity index (χ1) is 68.6. The van der Waals surface area contributed by atoms with Gasteiger partial charge in [-0.05, 0) is 283 Å². The van der Waals surface area contributed by atoms with Crippen LogP contribution in [0.15, 0.2) is 212 Å². The third-order valence-electron chi connectivity index (χ3n) is 25.5. The highest BCUT2D eigenvalue weighted by molar-refractivity contribution is 5.84. The molecule has 820 valence electrons. The van der Waals surface area contributed by atoms with Crippen molar-refractivity contribution in [3.63, 3.8) is 0 Å². The average molecular weight is 1980 g/mol. The number of rotatable bonds is 24. The SMILES string of the molecule is CC.CC(C)(C)C.CC(C)C.CC1CCCC1.CC1CCCCC1.CCC.CCCC.CCCCC.CCCCCCC.CCCCCCc1cc(C)cc(CCCCCC)c1.CCCCCCc1ccc(C)cc1.Cc1c(C)c(-c2ccccc2)c(C)c(-c2ccccc2)c1C.Cc1cc(C(C)(C)C)cc(C)c1C.Cc1ccc(C(C)(C)C)cc1.Cc1ccc(C)c(C)c1.Cc1ccc(C)cc1.Cc1ccccc1. The van der Waals surface area contributed by atoms with Crippen LogP contribution in [0, 0.1) is 134 Å². The first kappa shape index (κ1) is 146. The fraction of sp³-hybridized carbons (Fsp3) is 0.586. The molecule has 2 saturated carbocycles. The molecule has 0 radical (unpaired) electrons. The fourth-order valence-corrected chi connectivity index (χ4v) is 15.7. The van der Waals surface area contributed by atoms with E-state index < -0.39 is 0 Å². The molecule has 0 heteroatoms. The Morgan fingerprint density at radius 3 is 0.766 bits per heavy atom. The lowest BCUT2D eigenvalue weighted by Crippen LogP contribution is -2.12. The fourth-order valence-electron chi connectivity index (χ4n) is 15.7. The number of unbranched alkanes of at least 4 members (excludes halogenated alkanes) is 16. The summed E-state index contributed by atoms with van der Waals surface area (Å²) in [5.74, 6) is 2.92. The summed E-state index contributed by atoms with van der Waals surface area (Å²) in [5, 5.41) is 0. The summed E-state index contributed by atoms with van der Waals surface area (Å²) in [5.41, 5.74) is 35.9. The van der Waals surface area contributed by atoms with Crippen LogP contribution in [-0.4, -0.2) is 0 Å². The van der Waals surface area contributed by atoms with E-state index >= 15 is 0 Å². The number of benzene rings is 10. The van der Waals surface area contributed by atoms with Crippen molar-refractivity contribution in [1.82, 2.24) is 0 Å². The van der Waals surface area contributed by atoms with Gasteiger partial charge in [-0.3, -0.25) is 0 Å². The molecule has 12 rings (SSSR count). The molecular formula is C145H240. The third-order valence-corrected chi connectivity index (χ3v) is 25.5. The third kappa shape index (κ3) is 83.7. The Hall–Kier alpha value is -7.80. The molecule has 2 aliphatic rings. The summed E-state index contributed by atoms with van der Waals surface area (Å²) in [7, 11) is 0. The molecule has 0 atom stereocenters. The molecule has 0 N–H and O–H groups in total. The Morgan fingerprint density at radius 1 is 0.234 bits per heavy atom. The summed E-state index contributed by atoms with van der Waals surface area (Å²) < 4.78 is 0. The van der Waals surface area contributed by atoms with Crippen LogP contribution in [0.4, 0.5) is 0 Å². The van der Waals surface area contributed by atoms with Crippen LogP contribution in [0.5, 0.6) is 0 Å². The molecule has 0 spiro atoms. The van der Waals surface area contributed by atoms with Crippen molar-refractivity contribution in [2.24, 2.45) is 23.2 Å². The lowest BCUT2D eigenvalue weighted by Gasteiger charge is -2.21. The highest BCUT2D eigenvalue weighted by atomic mass is 14.2. The minimum atomic E-state index is 0.267. The minimum absolute atomic E-state index is 0.267. The van der Waals surface area contributed by atoms with E-state index in [4.69, 9.17) is 0 Å². The van der Waals surface area contributed by atoms with Crippen molar-refractivity contribution in [1.29, 1.82) is 0 Å². The molecule has 0 saturated heterocycles. The molecule has 0 aromatic heterocycles. The second kappa shape index (κ2) is 92.3. The van der Waals surface area contributed by atoms with Gasteiger partial charge in [-0.15, -0.1) is 0 Å². The van der Waals surface area contributed by atoms with E-state index in [2.05, 4.69) is 485 Å². The molecular weight excluding hydrogens is 1740 g/mol. The van der Waals surface area contributed by atoms with Crippen LogP contribution < -0.4 is 0 Å². The lowest BCUT2D eigenvalue weighted by atomic mass is 9.83. The molecule has 0 bridgehead atoms. The topological polar surface area (TPSA) is 0 Å². The van der Waals surface area contributed by atoms with Gasteiger partial charge < -0.3 is 0 Å². The van der Waals surface area contributed by atoms with Crippen molar-refractivity contribution in [3.8, 4) is 22.3 Å². The van der Waals surface area contributed by atoms with Gasteiger partial charge in [-0.2, -0.15) is 0 Å². The number of aryl methyl sites for hydroxylation is 14. The Morgan fingerprint density at radius 2 is 0.510 bits per heavy atom. The quantitative estimate of drug-likeness (QED) is 0.0529. The minimum Gasteiger partial charge on any atom is -0.0683 e. The molecule has 10 aromatic carbocycles. The van der Waals surface area contributed by atoms with E-state index in [9.17, 15) is 0 Å². The average Bonchev–Trinajstić information content (AvgIpc) is 0.948. The molecule has 0 amide bonds. The van der Waals surface area contributed by atoms with E-state index in [-0.39, 0.29) is 10.8 Å². The highest BCUT2D eigenvalue weighted by Gasteiger charge is 2.19. The summed E-state index contributed by atoms with van der Waals surface area (Å²) >= 11 is 0. The van der Waals surface area contributed by atoms with Gasteiger partial charge in [-0.1, -0.05) is 631 Å². The maximum Gasteiger partial charge on any atom is -0.0116 e. The van der Waals surface area contributed by atoms with Crippen LogP contribution in [0.1, 0.15) is 516 Å². The van der Waals surface area contributed by atoms with Gasteiger partial charge >= 0.3 is 0 Å². The molecule has 10 aromatic rings. The molecule has 2 fully saturated rings. The van der Waals surface area contributed by atoms with Gasteiger partial charge in [0.15, 0.2) is 0 Å². The van der Waals surface area contributed by atoms with E-state index in [0.717, 1.165) is 17.8 Å². The molecule has 0 unspecified atom stereocenters. The molecule has 145 heavy (non-hydrogen) atoms. The normalized spacial score (nSPS) is 11.5. The number of hydrogen-bond donors (Lipinski definition) is 0. The van der Waals surface area contributed by atoms with E-state index in [0.29, 0.717) is 5.41 Å². The van der Waals surface area contributed by atoms with E-state index in [1.54, 1.807) is 11.1 Å². The smallest absolute Gasteiger partial charge is 0.0116 e. The summed E-state index contributed by atoms with van der Waals surface area (Å²) in [4.78, 5) is 0. The number of hydrogen-bond acceptors (Lipinski definition) is 0. The lowest BCUT2D eigenvalue weighted by molar-refractivity contribution is 0.385.